The number of ketones is 1. The topological polar surface area (TPSA) is 26.3 Å². The van der Waals surface area contributed by atoms with Crippen LogP contribution in [0.4, 0.5) is 0 Å². The molecule has 4 heteroatoms. The Labute approximate surface area is 119 Å². The van der Waals surface area contributed by atoms with Crippen molar-refractivity contribution in [3.63, 3.8) is 0 Å². The fourth-order valence-electron chi connectivity index (χ4n) is 1.60. The van der Waals surface area contributed by atoms with E-state index in [9.17, 15) is 4.79 Å². The molecule has 0 bridgehead atoms. The lowest BCUT2D eigenvalue weighted by molar-refractivity contribution is 0.103. The van der Waals surface area contributed by atoms with Crippen molar-refractivity contribution in [3.05, 3.63) is 63.1 Å². The molecule has 2 aromatic rings. The van der Waals surface area contributed by atoms with E-state index < -0.39 is 0 Å². The summed E-state index contributed by atoms with van der Waals surface area (Å²) in [4.78, 5) is 12.2. The summed E-state index contributed by atoms with van der Waals surface area (Å²) >= 11 is 9.23. The van der Waals surface area contributed by atoms with Gasteiger partial charge in [-0.1, -0.05) is 23.7 Å². The highest BCUT2D eigenvalue weighted by molar-refractivity contribution is 9.10. The number of ether oxygens (including phenoxy) is 1. The van der Waals surface area contributed by atoms with Crippen LogP contribution in [0.2, 0.25) is 5.02 Å². The van der Waals surface area contributed by atoms with Gasteiger partial charge in [0.2, 0.25) is 0 Å². The lowest BCUT2D eigenvalue weighted by Crippen LogP contribution is -2.01. The zero-order valence-electron chi connectivity index (χ0n) is 9.61. The Morgan fingerprint density at radius 2 is 1.89 bits per heavy atom. The minimum Gasteiger partial charge on any atom is -0.496 e. The molecule has 0 unspecified atom stereocenters. The lowest BCUT2D eigenvalue weighted by atomic mass is 10.0. The average molecular weight is 326 g/mol. The van der Waals surface area contributed by atoms with Crippen molar-refractivity contribution in [2.45, 2.75) is 0 Å². The molecular formula is C14H10BrClO2. The Balaban J connectivity index is 2.37. The molecule has 0 heterocycles. The van der Waals surface area contributed by atoms with Crippen LogP contribution in [0.15, 0.2) is 46.9 Å². The van der Waals surface area contributed by atoms with Crippen molar-refractivity contribution in [1.82, 2.24) is 0 Å². The van der Waals surface area contributed by atoms with Crippen molar-refractivity contribution in [2.75, 3.05) is 7.11 Å². The second-order valence-corrected chi connectivity index (χ2v) is 4.98. The van der Waals surface area contributed by atoms with Crippen molar-refractivity contribution in [2.24, 2.45) is 0 Å². The third kappa shape index (κ3) is 2.74. The zero-order valence-corrected chi connectivity index (χ0v) is 12.0. The number of hydrogen-bond acceptors (Lipinski definition) is 2. The molecule has 92 valence electrons. The van der Waals surface area contributed by atoms with Gasteiger partial charge < -0.3 is 4.74 Å². The Morgan fingerprint density at radius 3 is 2.50 bits per heavy atom. The van der Waals surface area contributed by atoms with Gasteiger partial charge in [-0.3, -0.25) is 4.79 Å². The van der Waals surface area contributed by atoms with Crippen LogP contribution in [-0.2, 0) is 0 Å². The van der Waals surface area contributed by atoms with Crippen molar-refractivity contribution in [3.8, 4) is 5.75 Å². The lowest BCUT2D eigenvalue weighted by Gasteiger charge is -2.06. The Bertz CT molecular complexity index is 596. The molecule has 2 rings (SSSR count). The van der Waals surface area contributed by atoms with E-state index in [2.05, 4.69) is 15.9 Å². The summed E-state index contributed by atoms with van der Waals surface area (Å²) in [7, 11) is 1.58. The molecule has 0 radical (unpaired) electrons. The Hall–Kier alpha value is -1.32. The number of benzene rings is 2. The molecular weight excluding hydrogens is 316 g/mol. The smallest absolute Gasteiger partial charge is 0.193 e. The highest BCUT2D eigenvalue weighted by Gasteiger charge is 2.11. The van der Waals surface area contributed by atoms with Crippen molar-refractivity contribution < 1.29 is 9.53 Å². The molecule has 0 saturated carbocycles. The summed E-state index contributed by atoms with van der Waals surface area (Å²) in [5, 5.41) is 0.549. The van der Waals surface area contributed by atoms with Crippen LogP contribution in [0, 0.1) is 0 Å². The van der Waals surface area contributed by atoms with E-state index in [-0.39, 0.29) is 5.78 Å². The van der Waals surface area contributed by atoms with Gasteiger partial charge in [0.1, 0.15) is 5.75 Å². The summed E-state index contributed by atoms with van der Waals surface area (Å²) in [5.74, 6) is 0.624. The molecule has 0 N–H and O–H groups in total. The van der Waals surface area contributed by atoms with Gasteiger partial charge in [-0.15, -0.1) is 0 Å². The van der Waals surface area contributed by atoms with Crippen molar-refractivity contribution >= 4 is 33.3 Å². The molecule has 2 nitrogen and oxygen atoms in total. The van der Waals surface area contributed by atoms with Crippen LogP contribution in [0.3, 0.4) is 0 Å². The predicted octanol–water partition coefficient (Wildman–Crippen LogP) is 4.34. The van der Waals surface area contributed by atoms with E-state index in [0.29, 0.717) is 21.9 Å². The van der Waals surface area contributed by atoms with Gasteiger partial charge in [-0.2, -0.15) is 0 Å². The zero-order chi connectivity index (χ0) is 13.1. The Morgan fingerprint density at radius 1 is 1.17 bits per heavy atom. The predicted molar refractivity (Wildman–Crippen MR) is 75.6 cm³/mol. The molecule has 2 aromatic carbocycles. The average Bonchev–Trinajstić information content (AvgIpc) is 2.37. The number of rotatable bonds is 3. The second-order valence-electron chi connectivity index (χ2n) is 3.69. The molecule has 0 saturated heterocycles. The number of carbonyl (C=O) groups is 1. The largest absolute Gasteiger partial charge is 0.496 e. The van der Waals surface area contributed by atoms with E-state index >= 15 is 0 Å². The Kier molecular flexibility index (Phi) is 4.04. The summed E-state index contributed by atoms with van der Waals surface area (Å²) in [6.07, 6.45) is 0. The van der Waals surface area contributed by atoms with E-state index in [0.717, 1.165) is 4.47 Å². The van der Waals surface area contributed by atoms with Crippen LogP contribution < -0.4 is 4.74 Å². The van der Waals surface area contributed by atoms with Crippen molar-refractivity contribution in [1.29, 1.82) is 0 Å². The third-order valence-electron chi connectivity index (χ3n) is 2.50. The first-order chi connectivity index (χ1) is 8.61. The fourth-order valence-corrected chi connectivity index (χ4v) is 2.33. The minimum atomic E-state index is -0.0687. The monoisotopic (exact) mass is 324 g/mol. The van der Waals surface area contributed by atoms with Gasteiger partial charge in [0.05, 0.1) is 11.6 Å². The molecule has 0 amide bonds. The maximum atomic E-state index is 12.2. The highest BCUT2D eigenvalue weighted by Crippen LogP contribution is 2.26. The third-order valence-corrected chi connectivity index (χ3v) is 3.36. The van der Waals surface area contributed by atoms with Gasteiger partial charge in [0, 0.05) is 16.1 Å². The van der Waals surface area contributed by atoms with Gasteiger partial charge in [0.15, 0.2) is 5.78 Å². The van der Waals surface area contributed by atoms with E-state index in [4.69, 9.17) is 16.3 Å². The molecule has 0 fully saturated rings. The maximum absolute atomic E-state index is 12.2. The summed E-state index contributed by atoms with van der Waals surface area (Å²) in [6.45, 7) is 0. The van der Waals surface area contributed by atoms with Gasteiger partial charge in [-0.05, 0) is 46.3 Å². The van der Waals surface area contributed by atoms with E-state index in [1.165, 1.54) is 0 Å². The van der Waals surface area contributed by atoms with Crippen LogP contribution in [0.25, 0.3) is 0 Å². The molecule has 0 spiro atoms. The summed E-state index contributed by atoms with van der Waals surface area (Å²) in [6, 6.07) is 12.1. The fraction of sp³-hybridized carbons (Fsp3) is 0.0714. The highest BCUT2D eigenvalue weighted by atomic mass is 79.9. The molecule has 0 aliphatic rings. The van der Waals surface area contributed by atoms with Gasteiger partial charge >= 0.3 is 0 Å². The van der Waals surface area contributed by atoms with E-state index in [1.807, 2.05) is 0 Å². The van der Waals surface area contributed by atoms with Gasteiger partial charge in [0.25, 0.3) is 0 Å². The number of carbonyl (C=O) groups excluding carboxylic acids is 1. The maximum Gasteiger partial charge on any atom is 0.193 e. The van der Waals surface area contributed by atoms with Crippen LogP contribution in [0.5, 0.6) is 5.75 Å². The molecule has 18 heavy (non-hydrogen) atoms. The number of methoxy groups -OCH3 is 1. The molecule has 0 atom stereocenters. The minimum absolute atomic E-state index is 0.0687. The molecule has 0 aromatic heterocycles. The van der Waals surface area contributed by atoms with Crippen LogP contribution in [-0.4, -0.2) is 12.9 Å². The molecule has 0 aliphatic carbocycles. The van der Waals surface area contributed by atoms with Crippen LogP contribution in [0.1, 0.15) is 15.9 Å². The second kappa shape index (κ2) is 5.55. The molecule has 0 aliphatic heterocycles. The van der Waals surface area contributed by atoms with Crippen LogP contribution >= 0.6 is 27.5 Å². The standard InChI is InChI=1S/C14H10BrClO2/c1-18-13-6-5-10(8-12(13)15)14(17)9-3-2-4-11(16)7-9/h2-8H,1H3. The number of hydrogen-bond donors (Lipinski definition) is 0. The quantitative estimate of drug-likeness (QED) is 0.785. The first-order valence-corrected chi connectivity index (χ1v) is 6.42. The number of halogens is 2. The van der Waals surface area contributed by atoms with Gasteiger partial charge in [-0.25, -0.2) is 0 Å². The summed E-state index contributed by atoms with van der Waals surface area (Å²) in [5.41, 5.74) is 1.16. The van der Waals surface area contributed by atoms with E-state index in [1.54, 1.807) is 49.6 Å². The first kappa shape index (κ1) is 13.1. The summed E-state index contributed by atoms with van der Waals surface area (Å²) < 4.78 is 5.87. The first-order valence-electron chi connectivity index (χ1n) is 5.25. The SMILES string of the molecule is COc1ccc(C(=O)c2cccc(Cl)c2)cc1Br. The normalized spacial score (nSPS) is 10.2.